The van der Waals surface area contributed by atoms with E-state index in [9.17, 15) is 8.42 Å². The number of halogens is 1. The molecule has 0 amide bonds. The van der Waals surface area contributed by atoms with Crippen LogP contribution in [0.5, 0.6) is 0 Å². The lowest BCUT2D eigenvalue weighted by Gasteiger charge is -2.15. The third-order valence-corrected chi connectivity index (χ3v) is 3.00. The van der Waals surface area contributed by atoms with Gasteiger partial charge >= 0.3 is 0 Å². The number of aromatic nitrogens is 1. The lowest BCUT2D eigenvalue weighted by Crippen LogP contribution is -2.24. The molecule has 13 heavy (non-hydrogen) atoms. The standard InChI is InChI=1S/C7H9ClN2O2S/c1-10(13(2,11)12)6-3-4-7(8)9-5-6/h3-5H,1-2H3. The summed E-state index contributed by atoms with van der Waals surface area (Å²) in [6, 6.07) is 3.13. The van der Waals surface area contributed by atoms with Crippen LogP contribution in [0.3, 0.4) is 0 Å². The van der Waals surface area contributed by atoms with Gasteiger partial charge in [-0.15, -0.1) is 0 Å². The van der Waals surface area contributed by atoms with Gasteiger partial charge in [0.2, 0.25) is 10.0 Å². The number of sulfonamides is 1. The molecule has 72 valence electrons. The number of hydrogen-bond acceptors (Lipinski definition) is 3. The SMILES string of the molecule is CN(c1ccc(Cl)nc1)S(C)(=O)=O. The van der Waals surface area contributed by atoms with E-state index in [0.717, 1.165) is 10.6 Å². The van der Waals surface area contributed by atoms with Crippen molar-refractivity contribution in [2.24, 2.45) is 0 Å². The third-order valence-electron chi connectivity index (χ3n) is 1.57. The van der Waals surface area contributed by atoms with E-state index in [2.05, 4.69) is 4.98 Å². The monoisotopic (exact) mass is 220 g/mol. The van der Waals surface area contributed by atoms with Gasteiger partial charge in [0.1, 0.15) is 5.15 Å². The Hall–Kier alpha value is -0.810. The second-order valence-corrected chi connectivity index (χ2v) is 4.97. The van der Waals surface area contributed by atoms with E-state index in [0.29, 0.717) is 10.8 Å². The molecule has 0 aromatic carbocycles. The Labute approximate surface area is 82.2 Å². The van der Waals surface area contributed by atoms with Crippen molar-refractivity contribution in [2.75, 3.05) is 17.6 Å². The summed E-state index contributed by atoms with van der Waals surface area (Å²) < 4.78 is 23.3. The molecule has 0 bridgehead atoms. The molecule has 0 saturated carbocycles. The maximum absolute atomic E-state index is 11.1. The number of nitrogens with zero attached hydrogens (tertiary/aromatic N) is 2. The van der Waals surface area contributed by atoms with Crippen LogP contribution in [0.1, 0.15) is 0 Å². The molecule has 0 atom stereocenters. The van der Waals surface area contributed by atoms with Gasteiger partial charge in [0.05, 0.1) is 18.1 Å². The Morgan fingerprint density at radius 1 is 1.46 bits per heavy atom. The van der Waals surface area contributed by atoms with Crippen LogP contribution in [-0.2, 0) is 10.0 Å². The Balaban J connectivity index is 3.04. The van der Waals surface area contributed by atoms with Crippen molar-refractivity contribution in [3.63, 3.8) is 0 Å². The molecule has 1 aromatic heterocycles. The summed E-state index contributed by atoms with van der Waals surface area (Å²) in [5, 5.41) is 0.339. The summed E-state index contributed by atoms with van der Waals surface area (Å²) in [6.45, 7) is 0. The van der Waals surface area contributed by atoms with Crippen molar-refractivity contribution in [1.29, 1.82) is 0 Å². The van der Waals surface area contributed by atoms with Crippen LogP contribution in [0.2, 0.25) is 5.15 Å². The van der Waals surface area contributed by atoms with E-state index in [-0.39, 0.29) is 0 Å². The van der Waals surface area contributed by atoms with Crippen LogP contribution in [0.25, 0.3) is 0 Å². The zero-order chi connectivity index (χ0) is 10.1. The molecule has 0 saturated heterocycles. The fraction of sp³-hybridized carbons (Fsp3) is 0.286. The van der Waals surface area contributed by atoms with Crippen LogP contribution in [0.4, 0.5) is 5.69 Å². The van der Waals surface area contributed by atoms with Gasteiger partial charge in [-0.1, -0.05) is 11.6 Å². The first-order valence-corrected chi connectivity index (χ1v) is 5.69. The molecule has 1 aromatic rings. The van der Waals surface area contributed by atoms with Gasteiger partial charge in [0, 0.05) is 7.05 Å². The predicted molar refractivity (Wildman–Crippen MR) is 52.5 cm³/mol. The maximum atomic E-state index is 11.1. The average molecular weight is 221 g/mol. The molecule has 1 rings (SSSR count). The fourth-order valence-corrected chi connectivity index (χ4v) is 1.35. The number of hydrogen-bond donors (Lipinski definition) is 0. The van der Waals surface area contributed by atoms with Crippen LogP contribution < -0.4 is 4.31 Å². The zero-order valence-corrected chi connectivity index (χ0v) is 8.80. The van der Waals surface area contributed by atoms with Gasteiger partial charge in [-0.05, 0) is 12.1 Å². The lowest BCUT2D eigenvalue weighted by atomic mass is 10.4. The normalized spacial score (nSPS) is 11.3. The second kappa shape index (κ2) is 3.51. The third kappa shape index (κ3) is 2.57. The number of pyridine rings is 1. The van der Waals surface area contributed by atoms with Gasteiger partial charge < -0.3 is 0 Å². The van der Waals surface area contributed by atoms with Gasteiger partial charge in [-0.2, -0.15) is 0 Å². The lowest BCUT2D eigenvalue weighted by molar-refractivity contribution is 0.600. The van der Waals surface area contributed by atoms with Gasteiger partial charge in [-0.3, -0.25) is 4.31 Å². The van der Waals surface area contributed by atoms with Crippen LogP contribution in [0, 0.1) is 0 Å². The minimum absolute atomic E-state index is 0.339. The van der Waals surface area contributed by atoms with Crippen molar-refractivity contribution >= 4 is 27.3 Å². The summed E-state index contributed by atoms with van der Waals surface area (Å²) >= 11 is 5.55. The van der Waals surface area contributed by atoms with Crippen LogP contribution >= 0.6 is 11.6 Å². The first-order chi connectivity index (χ1) is 5.91. The highest BCUT2D eigenvalue weighted by Gasteiger charge is 2.11. The summed E-state index contributed by atoms with van der Waals surface area (Å²) in [5.41, 5.74) is 0.493. The average Bonchev–Trinajstić information content (AvgIpc) is 2.03. The molecular weight excluding hydrogens is 212 g/mol. The molecule has 0 aliphatic carbocycles. The van der Waals surface area contributed by atoms with Crippen molar-refractivity contribution in [2.45, 2.75) is 0 Å². The minimum Gasteiger partial charge on any atom is -0.272 e. The van der Waals surface area contributed by atoms with Gasteiger partial charge in [0.25, 0.3) is 0 Å². The zero-order valence-electron chi connectivity index (χ0n) is 7.23. The highest BCUT2D eigenvalue weighted by Crippen LogP contribution is 2.15. The molecular formula is C7H9ClN2O2S. The molecule has 0 aliphatic heterocycles. The van der Waals surface area contributed by atoms with Crippen LogP contribution in [0.15, 0.2) is 18.3 Å². The summed E-state index contributed by atoms with van der Waals surface area (Å²) in [7, 11) is -1.76. The number of rotatable bonds is 2. The second-order valence-electron chi connectivity index (χ2n) is 2.57. The first-order valence-electron chi connectivity index (χ1n) is 3.47. The predicted octanol–water partition coefficient (Wildman–Crippen LogP) is 1.13. The molecule has 1 heterocycles. The molecule has 0 unspecified atom stereocenters. The van der Waals surface area contributed by atoms with Gasteiger partial charge in [0.15, 0.2) is 0 Å². The van der Waals surface area contributed by atoms with Crippen molar-refractivity contribution in [3.8, 4) is 0 Å². The molecule has 0 radical (unpaired) electrons. The summed E-state index contributed by atoms with van der Waals surface area (Å²) in [4.78, 5) is 3.77. The van der Waals surface area contributed by atoms with E-state index >= 15 is 0 Å². The molecule has 6 heteroatoms. The van der Waals surface area contributed by atoms with Crippen LogP contribution in [-0.4, -0.2) is 26.7 Å². The van der Waals surface area contributed by atoms with E-state index in [1.54, 1.807) is 12.1 Å². The molecule has 0 aliphatic rings. The summed E-state index contributed by atoms with van der Waals surface area (Å²) in [6.07, 6.45) is 2.53. The molecule has 0 fully saturated rings. The topological polar surface area (TPSA) is 50.3 Å². The quantitative estimate of drug-likeness (QED) is 0.703. The Morgan fingerprint density at radius 3 is 2.46 bits per heavy atom. The highest BCUT2D eigenvalue weighted by molar-refractivity contribution is 7.92. The molecule has 4 nitrogen and oxygen atoms in total. The number of anilines is 1. The van der Waals surface area contributed by atoms with Crippen molar-refractivity contribution in [1.82, 2.24) is 4.98 Å². The Kier molecular flexibility index (Phi) is 2.77. The smallest absolute Gasteiger partial charge is 0.232 e. The van der Waals surface area contributed by atoms with E-state index in [1.807, 2.05) is 0 Å². The maximum Gasteiger partial charge on any atom is 0.232 e. The largest absolute Gasteiger partial charge is 0.272 e. The van der Waals surface area contributed by atoms with E-state index in [4.69, 9.17) is 11.6 Å². The Bertz CT molecular complexity index is 387. The van der Waals surface area contributed by atoms with Gasteiger partial charge in [-0.25, -0.2) is 13.4 Å². The molecule has 0 spiro atoms. The summed E-state index contributed by atoms with van der Waals surface area (Å²) in [5.74, 6) is 0. The van der Waals surface area contributed by atoms with E-state index in [1.165, 1.54) is 13.2 Å². The molecule has 0 N–H and O–H groups in total. The van der Waals surface area contributed by atoms with Crippen molar-refractivity contribution in [3.05, 3.63) is 23.5 Å². The van der Waals surface area contributed by atoms with E-state index < -0.39 is 10.0 Å². The Morgan fingerprint density at radius 2 is 2.08 bits per heavy atom. The minimum atomic E-state index is -3.22. The van der Waals surface area contributed by atoms with Crippen molar-refractivity contribution < 1.29 is 8.42 Å². The first kappa shape index (κ1) is 10.3. The highest BCUT2D eigenvalue weighted by atomic mass is 35.5. The fourth-order valence-electron chi connectivity index (χ4n) is 0.746.